The number of aliphatic imine (C=N–C) groups is 1. The van der Waals surface area contributed by atoms with Gasteiger partial charge < -0.3 is 20.1 Å². The first kappa shape index (κ1) is 20.9. The van der Waals surface area contributed by atoms with Gasteiger partial charge in [0.05, 0.1) is 12.2 Å². The third kappa shape index (κ3) is 5.60. The van der Waals surface area contributed by atoms with Crippen LogP contribution in [0.1, 0.15) is 22.3 Å². The molecule has 0 unspecified atom stereocenters. The van der Waals surface area contributed by atoms with E-state index in [1.165, 1.54) is 24.3 Å². The summed E-state index contributed by atoms with van der Waals surface area (Å²) < 4.78 is 62.3. The molecule has 0 spiro atoms. The van der Waals surface area contributed by atoms with Crippen LogP contribution in [0.25, 0.3) is 0 Å². The number of rotatable bonds is 5. The lowest BCUT2D eigenvalue weighted by Gasteiger charge is -2.21. The number of hydrogen-bond donors (Lipinski definition) is 2. The fourth-order valence-electron chi connectivity index (χ4n) is 2.98. The topological polar surface area (TPSA) is 54.9 Å². The molecular formula is C20H21F4N3O2. The molecule has 2 aromatic carbocycles. The minimum atomic E-state index is -4.35. The third-order valence-corrected chi connectivity index (χ3v) is 4.40. The molecule has 0 saturated carbocycles. The molecule has 29 heavy (non-hydrogen) atoms. The number of fused-ring (bicyclic) bond motifs is 1. The maximum Gasteiger partial charge on any atom is 0.416 e. The van der Waals surface area contributed by atoms with Crippen LogP contribution in [-0.4, -0.2) is 26.3 Å². The zero-order chi connectivity index (χ0) is 20.9. The Kier molecular flexibility index (Phi) is 6.58. The second-order valence-electron chi connectivity index (χ2n) is 6.46. The molecule has 0 aromatic heterocycles. The summed E-state index contributed by atoms with van der Waals surface area (Å²) >= 11 is 0. The summed E-state index contributed by atoms with van der Waals surface area (Å²) in [6.45, 7) is 1.22. The normalized spacial score (nSPS) is 14.2. The molecule has 2 aromatic rings. The SMILES string of the molecule is CN=C(NCCc1cc(F)cc2c1OCOC2)NCc1ccc(C(F)(F)F)cc1. The second-order valence-corrected chi connectivity index (χ2v) is 6.46. The Morgan fingerprint density at radius 2 is 1.90 bits per heavy atom. The summed E-state index contributed by atoms with van der Waals surface area (Å²) in [7, 11) is 1.59. The molecule has 3 rings (SSSR count). The largest absolute Gasteiger partial charge is 0.467 e. The van der Waals surface area contributed by atoms with Crippen molar-refractivity contribution in [2.45, 2.75) is 25.7 Å². The molecule has 0 aliphatic carbocycles. The van der Waals surface area contributed by atoms with Gasteiger partial charge >= 0.3 is 6.18 Å². The van der Waals surface area contributed by atoms with Crippen LogP contribution >= 0.6 is 0 Å². The first-order valence-electron chi connectivity index (χ1n) is 8.99. The van der Waals surface area contributed by atoms with Crippen LogP contribution in [0.15, 0.2) is 41.4 Å². The number of halogens is 4. The van der Waals surface area contributed by atoms with Crippen molar-refractivity contribution in [1.82, 2.24) is 10.6 Å². The highest BCUT2D eigenvalue weighted by Crippen LogP contribution is 2.30. The molecular weight excluding hydrogens is 390 g/mol. The molecule has 9 heteroatoms. The summed E-state index contributed by atoms with van der Waals surface area (Å²) in [5.74, 6) is 0.782. The van der Waals surface area contributed by atoms with Crippen LogP contribution in [0.3, 0.4) is 0 Å². The fourth-order valence-corrected chi connectivity index (χ4v) is 2.98. The van der Waals surface area contributed by atoms with Gasteiger partial charge in [-0.1, -0.05) is 12.1 Å². The van der Waals surface area contributed by atoms with Gasteiger partial charge in [0.15, 0.2) is 12.8 Å². The number of ether oxygens (including phenoxy) is 2. The zero-order valence-corrected chi connectivity index (χ0v) is 15.8. The summed E-state index contributed by atoms with van der Waals surface area (Å²) in [4.78, 5) is 4.09. The van der Waals surface area contributed by atoms with Gasteiger partial charge in [-0.3, -0.25) is 4.99 Å². The first-order chi connectivity index (χ1) is 13.9. The third-order valence-electron chi connectivity index (χ3n) is 4.40. The summed E-state index contributed by atoms with van der Waals surface area (Å²) in [5, 5.41) is 6.14. The molecule has 0 bridgehead atoms. The zero-order valence-electron chi connectivity index (χ0n) is 15.8. The standard InChI is InChI=1S/C20H21F4N3O2/c1-25-19(27-10-13-2-4-16(5-3-13)20(22,23)24)26-7-6-14-8-17(21)9-15-11-28-12-29-18(14)15/h2-5,8-9H,6-7,10-12H2,1H3,(H2,25,26,27). The van der Waals surface area contributed by atoms with Gasteiger partial charge in [0.25, 0.3) is 0 Å². The van der Waals surface area contributed by atoms with Crippen molar-refractivity contribution in [2.24, 2.45) is 4.99 Å². The molecule has 1 heterocycles. The van der Waals surface area contributed by atoms with E-state index in [4.69, 9.17) is 9.47 Å². The van der Waals surface area contributed by atoms with Crippen LogP contribution in [0.2, 0.25) is 0 Å². The first-order valence-corrected chi connectivity index (χ1v) is 8.99. The van der Waals surface area contributed by atoms with Crippen LogP contribution in [0, 0.1) is 5.82 Å². The molecule has 1 aliphatic heterocycles. The average molecular weight is 411 g/mol. The number of benzene rings is 2. The molecule has 0 fully saturated rings. The molecule has 1 aliphatic rings. The lowest BCUT2D eigenvalue weighted by atomic mass is 10.1. The van der Waals surface area contributed by atoms with E-state index in [-0.39, 0.29) is 12.6 Å². The van der Waals surface area contributed by atoms with E-state index in [0.717, 1.165) is 17.7 Å². The summed E-state index contributed by atoms with van der Waals surface area (Å²) in [5.41, 5.74) is 1.41. The summed E-state index contributed by atoms with van der Waals surface area (Å²) in [6, 6.07) is 7.76. The van der Waals surface area contributed by atoms with E-state index in [2.05, 4.69) is 15.6 Å². The molecule has 0 atom stereocenters. The molecule has 156 valence electrons. The Bertz CT molecular complexity index is 867. The molecule has 0 amide bonds. The van der Waals surface area contributed by atoms with Gasteiger partial charge in [0, 0.05) is 25.7 Å². The van der Waals surface area contributed by atoms with Crippen molar-refractivity contribution in [3.63, 3.8) is 0 Å². The van der Waals surface area contributed by atoms with E-state index in [9.17, 15) is 17.6 Å². The predicted molar refractivity (Wildman–Crippen MR) is 100 cm³/mol. The number of guanidine groups is 1. The van der Waals surface area contributed by atoms with Crippen LogP contribution in [-0.2, 0) is 30.5 Å². The monoisotopic (exact) mass is 411 g/mol. The van der Waals surface area contributed by atoms with Gasteiger partial charge in [-0.25, -0.2) is 4.39 Å². The highest BCUT2D eigenvalue weighted by molar-refractivity contribution is 5.79. The van der Waals surface area contributed by atoms with Crippen molar-refractivity contribution >= 4 is 5.96 Å². The van der Waals surface area contributed by atoms with Gasteiger partial charge in [-0.15, -0.1) is 0 Å². The quantitative estimate of drug-likeness (QED) is 0.448. The van der Waals surface area contributed by atoms with E-state index < -0.39 is 11.7 Å². The number of hydrogen-bond acceptors (Lipinski definition) is 3. The Balaban J connectivity index is 1.52. The Labute approximate surface area is 165 Å². The number of alkyl halides is 3. The van der Waals surface area contributed by atoms with Crippen molar-refractivity contribution in [2.75, 3.05) is 20.4 Å². The van der Waals surface area contributed by atoms with Gasteiger partial charge in [0.1, 0.15) is 11.6 Å². The molecule has 0 radical (unpaired) electrons. The molecule has 2 N–H and O–H groups in total. The molecule has 5 nitrogen and oxygen atoms in total. The van der Waals surface area contributed by atoms with Gasteiger partial charge in [0.2, 0.25) is 0 Å². The Hall–Kier alpha value is -2.81. The highest BCUT2D eigenvalue weighted by atomic mass is 19.4. The highest BCUT2D eigenvalue weighted by Gasteiger charge is 2.29. The number of nitrogens with one attached hydrogen (secondary N) is 2. The molecule has 0 saturated heterocycles. The lowest BCUT2D eigenvalue weighted by molar-refractivity contribution is -0.137. The smallest absolute Gasteiger partial charge is 0.416 e. The summed E-state index contributed by atoms with van der Waals surface area (Å²) in [6.07, 6.45) is -3.85. The van der Waals surface area contributed by atoms with Crippen molar-refractivity contribution in [3.05, 3.63) is 64.5 Å². The van der Waals surface area contributed by atoms with Gasteiger partial charge in [-0.2, -0.15) is 13.2 Å². The minimum absolute atomic E-state index is 0.134. The van der Waals surface area contributed by atoms with Crippen LogP contribution in [0.4, 0.5) is 17.6 Å². The van der Waals surface area contributed by atoms with Crippen molar-refractivity contribution in [1.29, 1.82) is 0 Å². The maximum atomic E-state index is 13.8. The van der Waals surface area contributed by atoms with Crippen molar-refractivity contribution < 1.29 is 27.0 Å². The maximum absolute atomic E-state index is 13.8. The van der Waals surface area contributed by atoms with Crippen LogP contribution in [0.5, 0.6) is 5.75 Å². The minimum Gasteiger partial charge on any atom is -0.467 e. The Morgan fingerprint density at radius 1 is 1.14 bits per heavy atom. The van der Waals surface area contributed by atoms with E-state index >= 15 is 0 Å². The fraction of sp³-hybridized carbons (Fsp3) is 0.350. The van der Waals surface area contributed by atoms with E-state index in [1.54, 1.807) is 7.05 Å². The van der Waals surface area contributed by atoms with E-state index in [0.29, 0.717) is 49.0 Å². The van der Waals surface area contributed by atoms with Gasteiger partial charge in [-0.05, 0) is 41.8 Å². The van der Waals surface area contributed by atoms with Crippen LogP contribution < -0.4 is 15.4 Å². The lowest BCUT2D eigenvalue weighted by Crippen LogP contribution is -2.38. The predicted octanol–water partition coefficient (Wildman–Crippen LogP) is 3.62. The van der Waals surface area contributed by atoms with E-state index in [1.807, 2.05) is 0 Å². The second kappa shape index (κ2) is 9.13. The number of nitrogens with zero attached hydrogens (tertiary/aromatic N) is 1. The average Bonchev–Trinajstić information content (AvgIpc) is 2.70. The van der Waals surface area contributed by atoms with Crippen molar-refractivity contribution in [3.8, 4) is 5.75 Å². The Morgan fingerprint density at radius 3 is 2.59 bits per heavy atom.